The summed E-state index contributed by atoms with van der Waals surface area (Å²) in [4.78, 5) is 25.3. The number of nitrogens with one attached hydrogen (secondary N) is 2. The Hall–Kier alpha value is -2.02. The van der Waals surface area contributed by atoms with Crippen molar-refractivity contribution in [2.75, 3.05) is 11.1 Å². The first kappa shape index (κ1) is 13.4. The lowest BCUT2D eigenvalue weighted by atomic mass is 10.1. The van der Waals surface area contributed by atoms with Crippen LogP contribution in [0.15, 0.2) is 26.4 Å². The molecule has 2 heterocycles. The van der Waals surface area contributed by atoms with Gasteiger partial charge in [-0.1, -0.05) is 0 Å². The summed E-state index contributed by atoms with van der Waals surface area (Å²) in [5.74, 6) is 0.144. The number of nitrogens with zero attached hydrogens (tertiary/aromatic N) is 1. The zero-order chi connectivity index (χ0) is 14.0. The average molecular weight is 280 g/mol. The fourth-order valence-electron chi connectivity index (χ4n) is 1.84. The Balaban J connectivity index is 2.22. The quantitative estimate of drug-likeness (QED) is 0.771. The maximum atomic E-state index is 11.7. The number of hydrogen-bond acceptors (Lipinski definition) is 5. The van der Waals surface area contributed by atoms with Gasteiger partial charge in [-0.3, -0.25) is 14.3 Å². The first-order chi connectivity index (χ1) is 8.99. The number of hydrogen-bond donors (Lipinski definition) is 3. The molecule has 1 atom stereocenters. The van der Waals surface area contributed by atoms with Crippen LogP contribution in [0.3, 0.4) is 0 Å². The molecule has 2 aromatic heterocycles. The molecule has 0 aromatic carbocycles. The molecular formula is C12H16N4O2S. The third-order valence-corrected chi connectivity index (χ3v) is 3.61. The van der Waals surface area contributed by atoms with Crippen LogP contribution < -0.4 is 22.3 Å². The molecule has 0 saturated heterocycles. The zero-order valence-corrected chi connectivity index (χ0v) is 11.6. The molecule has 19 heavy (non-hydrogen) atoms. The van der Waals surface area contributed by atoms with Crippen LogP contribution in [0.1, 0.15) is 12.5 Å². The van der Waals surface area contributed by atoms with E-state index < -0.39 is 11.2 Å². The molecule has 0 amide bonds. The minimum Gasteiger partial charge on any atom is -0.383 e. The highest BCUT2D eigenvalue weighted by Crippen LogP contribution is 2.14. The summed E-state index contributed by atoms with van der Waals surface area (Å²) in [6.45, 7) is 1.96. The molecule has 1 unspecified atom stereocenters. The van der Waals surface area contributed by atoms with Gasteiger partial charge < -0.3 is 11.1 Å². The third-order valence-electron chi connectivity index (χ3n) is 2.88. The van der Waals surface area contributed by atoms with Crippen LogP contribution in [0.5, 0.6) is 0 Å². The van der Waals surface area contributed by atoms with E-state index in [1.165, 1.54) is 17.2 Å². The summed E-state index contributed by atoms with van der Waals surface area (Å²) in [6, 6.07) is 2.08. The van der Waals surface area contributed by atoms with E-state index in [1.54, 1.807) is 11.3 Å². The van der Waals surface area contributed by atoms with Gasteiger partial charge in [-0.2, -0.15) is 11.3 Å². The molecule has 2 rings (SSSR count). The van der Waals surface area contributed by atoms with Crippen molar-refractivity contribution >= 4 is 22.8 Å². The molecule has 0 spiro atoms. The molecule has 7 heteroatoms. The second kappa shape index (κ2) is 5.31. The van der Waals surface area contributed by atoms with Crippen molar-refractivity contribution in [3.63, 3.8) is 0 Å². The number of nitrogen functional groups attached to an aromatic ring is 1. The van der Waals surface area contributed by atoms with Gasteiger partial charge in [0.2, 0.25) is 0 Å². The van der Waals surface area contributed by atoms with Crippen LogP contribution in [0, 0.1) is 0 Å². The standard InChI is InChI=1S/C12H16N4O2S/c1-7(5-8-3-4-19-6-8)14-9-10(13)16(2)12(18)15-11(9)17/h3-4,6-7,14H,5,13H2,1-2H3,(H,15,17,18). The molecule has 0 aliphatic carbocycles. The Morgan fingerprint density at radius 2 is 2.26 bits per heavy atom. The SMILES string of the molecule is CC(Cc1ccsc1)Nc1c(N)n(C)c(=O)[nH]c1=O. The third kappa shape index (κ3) is 2.87. The number of H-pyrrole nitrogens is 1. The molecule has 0 fully saturated rings. The summed E-state index contributed by atoms with van der Waals surface area (Å²) in [5.41, 5.74) is 6.22. The van der Waals surface area contributed by atoms with Crippen molar-refractivity contribution in [1.82, 2.24) is 9.55 Å². The minimum absolute atomic E-state index is 0.0375. The highest BCUT2D eigenvalue weighted by molar-refractivity contribution is 7.07. The van der Waals surface area contributed by atoms with Crippen molar-refractivity contribution in [3.05, 3.63) is 43.2 Å². The Labute approximate surface area is 113 Å². The van der Waals surface area contributed by atoms with E-state index in [2.05, 4.69) is 15.7 Å². The molecule has 4 N–H and O–H groups in total. The second-order valence-electron chi connectivity index (χ2n) is 4.46. The average Bonchev–Trinajstić information content (AvgIpc) is 2.85. The molecule has 0 aliphatic heterocycles. The Kier molecular flexibility index (Phi) is 3.75. The van der Waals surface area contributed by atoms with Crippen molar-refractivity contribution in [2.24, 2.45) is 7.05 Å². The van der Waals surface area contributed by atoms with Gasteiger partial charge in [0.15, 0.2) is 0 Å². The Bertz CT molecular complexity index is 672. The second-order valence-corrected chi connectivity index (χ2v) is 5.24. The van der Waals surface area contributed by atoms with E-state index in [-0.39, 0.29) is 17.5 Å². The van der Waals surface area contributed by atoms with E-state index in [4.69, 9.17) is 5.73 Å². The molecule has 6 nitrogen and oxygen atoms in total. The van der Waals surface area contributed by atoms with Crippen LogP contribution >= 0.6 is 11.3 Å². The smallest absolute Gasteiger partial charge is 0.329 e. The van der Waals surface area contributed by atoms with Gasteiger partial charge in [0.25, 0.3) is 5.56 Å². The number of aromatic nitrogens is 2. The molecule has 0 aliphatic rings. The monoisotopic (exact) mass is 280 g/mol. The fraction of sp³-hybridized carbons (Fsp3) is 0.333. The van der Waals surface area contributed by atoms with Crippen molar-refractivity contribution in [2.45, 2.75) is 19.4 Å². The van der Waals surface area contributed by atoms with Crippen LogP contribution in [0.25, 0.3) is 0 Å². The lowest BCUT2D eigenvalue weighted by Gasteiger charge is -2.16. The molecule has 0 bridgehead atoms. The van der Waals surface area contributed by atoms with Gasteiger partial charge in [0.1, 0.15) is 11.5 Å². The normalized spacial score (nSPS) is 12.3. The minimum atomic E-state index is -0.515. The number of nitrogens with two attached hydrogens (primary N) is 1. The number of thiophene rings is 1. The van der Waals surface area contributed by atoms with Gasteiger partial charge in [0.05, 0.1) is 0 Å². The van der Waals surface area contributed by atoms with E-state index in [1.807, 2.05) is 18.4 Å². The van der Waals surface area contributed by atoms with Crippen molar-refractivity contribution in [1.29, 1.82) is 0 Å². The van der Waals surface area contributed by atoms with Crippen LogP contribution in [-0.2, 0) is 13.5 Å². The lowest BCUT2D eigenvalue weighted by Crippen LogP contribution is -2.34. The highest BCUT2D eigenvalue weighted by Gasteiger charge is 2.12. The van der Waals surface area contributed by atoms with E-state index in [0.717, 1.165) is 6.42 Å². The summed E-state index contributed by atoms with van der Waals surface area (Å²) in [6.07, 6.45) is 0.783. The molecule has 0 saturated carbocycles. The van der Waals surface area contributed by atoms with Gasteiger partial charge >= 0.3 is 5.69 Å². The van der Waals surface area contributed by atoms with E-state index in [9.17, 15) is 9.59 Å². The fourth-order valence-corrected chi connectivity index (χ4v) is 2.52. The van der Waals surface area contributed by atoms with Crippen LogP contribution in [-0.4, -0.2) is 15.6 Å². The Morgan fingerprint density at radius 3 is 2.89 bits per heavy atom. The molecule has 102 valence electrons. The summed E-state index contributed by atoms with van der Waals surface area (Å²) in [7, 11) is 1.52. The Morgan fingerprint density at radius 1 is 1.53 bits per heavy atom. The van der Waals surface area contributed by atoms with Crippen molar-refractivity contribution < 1.29 is 0 Å². The van der Waals surface area contributed by atoms with Gasteiger partial charge in [-0.05, 0) is 35.7 Å². The highest BCUT2D eigenvalue weighted by atomic mass is 32.1. The first-order valence-electron chi connectivity index (χ1n) is 5.85. The van der Waals surface area contributed by atoms with Crippen molar-refractivity contribution in [3.8, 4) is 0 Å². The summed E-state index contributed by atoms with van der Waals surface area (Å²) < 4.78 is 1.21. The van der Waals surface area contributed by atoms with Gasteiger partial charge in [-0.15, -0.1) is 0 Å². The first-order valence-corrected chi connectivity index (χ1v) is 6.79. The molecular weight excluding hydrogens is 264 g/mol. The lowest BCUT2D eigenvalue weighted by molar-refractivity contribution is 0.770. The number of aromatic amines is 1. The van der Waals surface area contributed by atoms with Crippen LogP contribution in [0.4, 0.5) is 11.5 Å². The predicted molar refractivity (Wildman–Crippen MR) is 77.8 cm³/mol. The van der Waals surface area contributed by atoms with Crippen LogP contribution in [0.2, 0.25) is 0 Å². The summed E-state index contributed by atoms with van der Waals surface area (Å²) >= 11 is 1.63. The van der Waals surface area contributed by atoms with Gasteiger partial charge in [0, 0.05) is 13.1 Å². The largest absolute Gasteiger partial charge is 0.383 e. The maximum Gasteiger partial charge on any atom is 0.329 e. The summed E-state index contributed by atoms with van der Waals surface area (Å²) in [5, 5.41) is 7.13. The van der Waals surface area contributed by atoms with E-state index >= 15 is 0 Å². The topological polar surface area (TPSA) is 92.9 Å². The number of anilines is 2. The predicted octanol–water partition coefficient (Wildman–Crippen LogP) is 0.760. The zero-order valence-electron chi connectivity index (χ0n) is 10.8. The molecule has 2 aromatic rings. The maximum absolute atomic E-state index is 11.7. The van der Waals surface area contributed by atoms with Gasteiger partial charge in [-0.25, -0.2) is 4.79 Å². The van der Waals surface area contributed by atoms with E-state index in [0.29, 0.717) is 0 Å². The molecule has 0 radical (unpaired) electrons. The number of rotatable bonds is 4.